The normalized spacial score (nSPS) is 9.95. The van der Waals surface area contributed by atoms with E-state index in [1.54, 1.807) is 36.4 Å². The maximum atomic E-state index is 11.8. The molecule has 5 nitrogen and oxygen atoms in total. The second-order valence-corrected chi connectivity index (χ2v) is 4.53. The largest absolute Gasteiger partial charge is 0.483 e. The molecule has 108 valence electrons. The number of amides is 1. The number of hydrogen-bond acceptors (Lipinski definition) is 3. The molecule has 0 spiro atoms. The summed E-state index contributed by atoms with van der Waals surface area (Å²) in [6, 6.07) is 12.9. The number of rotatable bonds is 5. The zero-order valence-electron chi connectivity index (χ0n) is 10.9. The third-order valence-electron chi connectivity index (χ3n) is 2.62. The van der Waals surface area contributed by atoms with E-state index < -0.39 is 11.9 Å². The number of ether oxygens (including phenoxy) is 1. The SMILES string of the molecule is O=C(COc1ccccc1C(=O)O)Nc1ccccc1Cl. The summed E-state index contributed by atoms with van der Waals surface area (Å²) in [5.74, 6) is -1.40. The van der Waals surface area contributed by atoms with Crippen LogP contribution in [0.3, 0.4) is 0 Å². The van der Waals surface area contributed by atoms with Crippen molar-refractivity contribution in [3.8, 4) is 5.75 Å². The number of carboxylic acids is 1. The van der Waals surface area contributed by atoms with Crippen LogP contribution in [0, 0.1) is 0 Å². The summed E-state index contributed by atoms with van der Waals surface area (Å²) >= 11 is 5.92. The van der Waals surface area contributed by atoms with Crippen molar-refractivity contribution >= 4 is 29.2 Å². The van der Waals surface area contributed by atoms with Crippen LogP contribution in [0.2, 0.25) is 5.02 Å². The fourth-order valence-corrected chi connectivity index (χ4v) is 1.84. The first-order valence-electron chi connectivity index (χ1n) is 6.07. The Hall–Kier alpha value is -2.53. The van der Waals surface area contributed by atoms with Crippen LogP contribution >= 0.6 is 11.6 Å². The molecule has 0 saturated carbocycles. The number of benzene rings is 2. The minimum absolute atomic E-state index is 0.00282. The average molecular weight is 306 g/mol. The second-order valence-electron chi connectivity index (χ2n) is 4.12. The van der Waals surface area contributed by atoms with E-state index in [-0.39, 0.29) is 17.9 Å². The van der Waals surface area contributed by atoms with E-state index >= 15 is 0 Å². The zero-order chi connectivity index (χ0) is 15.2. The standard InChI is InChI=1S/C15H12ClNO4/c16-11-6-2-3-7-12(11)17-14(18)9-21-13-8-4-1-5-10(13)15(19)20/h1-8H,9H2,(H,17,18)(H,19,20). The molecule has 0 atom stereocenters. The van der Waals surface area contributed by atoms with E-state index in [1.807, 2.05) is 0 Å². The Kier molecular flexibility index (Phi) is 4.79. The monoisotopic (exact) mass is 305 g/mol. The van der Waals surface area contributed by atoms with Crippen LogP contribution in [-0.2, 0) is 4.79 Å². The van der Waals surface area contributed by atoms with E-state index in [2.05, 4.69) is 5.32 Å². The molecule has 0 aliphatic rings. The number of carbonyl (C=O) groups excluding carboxylic acids is 1. The predicted molar refractivity (Wildman–Crippen MR) is 79.0 cm³/mol. The van der Waals surface area contributed by atoms with Crippen molar-refractivity contribution in [2.24, 2.45) is 0 Å². The molecule has 0 unspecified atom stereocenters. The number of nitrogens with one attached hydrogen (secondary N) is 1. The van der Waals surface area contributed by atoms with Gasteiger partial charge < -0.3 is 15.2 Å². The number of para-hydroxylation sites is 2. The predicted octanol–water partition coefficient (Wildman–Crippen LogP) is 3.06. The summed E-state index contributed by atoms with van der Waals surface area (Å²) < 4.78 is 5.24. The minimum atomic E-state index is -1.11. The highest BCUT2D eigenvalue weighted by atomic mass is 35.5. The van der Waals surface area contributed by atoms with Crippen molar-refractivity contribution in [1.29, 1.82) is 0 Å². The Bertz CT molecular complexity index is 672. The molecule has 1 amide bonds. The summed E-state index contributed by atoms with van der Waals surface area (Å²) in [7, 11) is 0. The van der Waals surface area contributed by atoms with Gasteiger partial charge in [0.2, 0.25) is 0 Å². The summed E-state index contributed by atoms with van der Waals surface area (Å²) in [6.45, 7) is -0.310. The molecule has 0 aliphatic heterocycles. The highest BCUT2D eigenvalue weighted by Crippen LogP contribution is 2.21. The molecule has 2 aromatic rings. The van der Waals surface area contributed by atoms with Crippen LogP contribution in [0.4, 0.5) is 5.69 Å². The Morgan fingerprint density at radius 1 is 1.10 bits per heavy atom. The first-order chi connectivity index (χ1) is 10.1. The lowest BCUT2D eigenvalue weighted by Crippen LogP contribution is -2.21. The van der Waals surface area contributed by atoms with Crippen LogP contribution in [0.5, 0.6) is 5.75 Å². The van der Waals surface area contributed by atoms with Gasteiger partial charge in [0, 0.05) is 0 Å². The molecule has 21 heavy (non-hydrogen) atoms. The number of hydrogen-bond donors (Lipinski definition) is 2. The maximum Gasteiger partial charge on any atom is 0.339 e. The molecule has 2 rings (SSSR count). The summed E-state index contributed by atoms with van der Waals surface area (Å²) in [6.07, 6.45) is 0. The zero-order valence-corrected chi connectivity index (χ0v) is 11.6. The fraction of sp³-hybridized carbons (Fsp3) is 0.0667. The van der Waals surface area contributed by atoms with Gasteiger partial charge in [-0.05, 0) is 24.3 Å². The molecule has 0 aromatic heterocycles. The quantitative estimate of drug-likeness (QED) is 0.890. The third kappa shape index (κ3) is 3.97. The number of carboxylic acid groups (broad SMARTS) is 1. The van der Waals surface area contributed by atoms with Gasteiger partial charge in [-0.25, -0.2) is 4.79 Å². The topological polar surface area (TPSA) is 75.6 Å². The molecule has 0 fully saturated rings. The van der Waals surface area contributed by atoms with Gasteiger partial charge in [-0.15, -0.1) is 0 Å². The van der Waals surface area contributed by atoms with Gasteiger partial charge in [-0.1, -0.05) is 35.9 Å². The van der Waals surface area contributed by atoms with Gasteiger partial charge >= 0.3 is 5.97 Å². The van der Waals surface area contributed by atoms with Gasteiger partial charge in [0.1, 0.15) is 11.3 Å². The molecule has 6 heteroatoms. The number of halogens is 1. The molecule has 2 N–H and O–H groups in total. The number of aromatic carboxylic acids is 1. The minimum Gasteiger partial charge on any atom is -0.483 e. The molecule has 0 saturated heterocycles. The second kappa shape index (κ2) is 6.76. The summed E-state index contributed by atoms with van der Waals surface area (Å²) in [5, 5.41) is 12.0. The van der Waals surface area contributed by atoms with Crippen LogP contribution in [0.25, 0.3) is 0 Å². The van der Waals surface area contributed by atoms with E-state index in [4.69, 9.17) is 21.4 Å². The Morgan fingerprint density at radius 3 is 2.48 bits per heavy atom. The maximum absolute atomic E-state index is 11.8. The van der Waals surface area contributed by atoms with Crippen molar-refractivity contribution in [3.63, 3.8) is 0 Å². The number of carbonyl (C=O) groups is 2. The summed E-state index contributed by atoms with van der Waals surface area (Å²) in [4.78, 5) is 22.8. The molecular formula is C15H12ClNO4. The van der Waals surface area contributed by atoms with Gasteiger partial charge in [0.15, 0.2) is 6.61 Å². The highest BCUT2D eigenvalue weighted by Gasteiger charge is 2.12. The lowest BCUT2D eigenvalue weighted by molar-refractivity contribution is -0.118. The molecule has 0 aliphatic carbocycles. The Labute approximate surface area is 126 Å². The lowest BCUT2D eigenvalue weighted by atomic mass is 10.2. The lowest BCUT2D eigenvalue weighted by Gasteiger charge is -2.10. The fourth-order valence-electron chi connectivity index (χ4n) is 1.66. The van der Waals surface area contributed by atoms with Crippen molar-refractivity contribution in [2.45, 2.75) is 0 Å². The Morgan fingerprint density at radius 2 is 1.76 bits per heavy atom. The first kappa shape index (κ1) is 14.9. The highest BCUT2D eigenvalue weighted by molar-refractivity contribution is 6.33. The van der Waals surface area contributed by atoms with Crippen molar-refractivity contribution in [1.82, 2.24) is 0 Å². The van der Waals surface area contributed by atoms with Crippen molar-refractivity contribution in [2.75, 3.05) is 11.9 Å². The van der Waals surface area contributed by atoms with Crippen molar-refractivity contribution < 1.29 is 19.4 Å². The average Bonchev–Trinajstić information content (AvgIpc) is 2.48. The smallest absolute Gasteiger partial charge is 0.339 e. The third-order valence-corrected chi connectivity index (χ3v) is 2.95. The van der Waals surface area contributed by atoms with E-state index in [0.717, 1.165) is 0 Å². The molecule has 2 aromatic carbocycles. The van der Waals surface area contributed by atoms with Gasteiger partial charge in [0.25, 0.3) is 5.91 Å². The van der Waals surface area contributed by atoms with E-state index in [1.165, 1.54) is 12.1 Å². The van der Waals surface area contributed by atoms with Gasteiger partial charge in [0.05, 0.1) is 10.7 Å². The van der Waals surface area contributed by atoms with E-state index in [0.29, 0.717) is 10.7 Å². The molecule has 0 bridgehead atoms. The van der Waals surface area contributed by atoms with Crippen LogP contribution in [0.1, 0.15) is 10.4 Å². The molecule has 0 radical (unpaired) electrons. The number of anilines is 1. The van der Waals surface area contributed by atoms with Crippen LogP contribution < -0.4 is 10.1 Å². The van der Waals surface area contributed by atoms with Gasteiger partial charge in [-0.2, -0.15) is 0 Å². The van der Waals surface area contributed by atoms with Crippen LogP contribution in [-0.4, -0.2) is 23.6 Å². The van der Waals surface area contributed by atoms with E-state index in [9.17, 15) is 9.59 Å². The van der Waals surface area contributed by atoms with Crippen molar-refractivity contribution in [3.05, 3.63) is 59.1 Å². The molecule has 0 heterocycles. The Balaban J connectivity index is 1.99. The molecular weight excluding hydrogens is 294 g/mol. The summed E-state index contributed by atoms with van der Waals surface area (Å²) in [5.41, 5.74) is 0.474. The van der Waals surface area contributed by atoms with Crippen LogP contribution in [0.15, 0.2) is 48.5 Å². The van der Waals surface area contributed by atoms with Gasteiger partial charge in [-0.3, -0.25) is 4.79 Å². The first-order valence-corrected chi connectivity index (χ1v) is 6.45.